The van der Waals surface area contributed by atoms with Gasteiger partial charge in [0.1, 0.15) is 30.8 Å². The van der Waals surface area contributed by atoms with E-state index in [4.69, 9.17) is 9.53 Å². The van der Waals surface area contributed by atoms with Gasteiger partial charge in [-0.15, -0.1) is 0 Å². The predicted molar refractivity (Wildman–Crippen MR) is 168 cm³/mol. The minimum Gasteiger partial charge on any atom is -0.492 e. The van der Waals surface area contributed by atoms with Crippen molar-refractivity contribution in [3.05, 3.63) is 76.9 Å². The molecule has 3 N–H and O–H groups in total. The van der Waals surface area contributed by atoms with Crippen LogP contribution in [0.5, 0.6) is 5.75 Å². The lowest BCUT2D eigenvalue weighted by Crippen LogP contribution is -2.28. The molecule has 40 heavy (non-hydrogen) atoms. The van der Waals surface area contributed by atoms with Gasteiger partial charge < -0.3 is 25.5 Å². The highest BCUT2D eigenvalue weighted by atomic mass is 19.1. The van der Waals surface area contributed by atoms with Crippen LogP contribution in [0.15, 0.2) is 64.3 Å². The minimum absolute atomic E-state index is 0.232. The van der Waals surface area contributed by atoms with Crippen molar-refractivity contribution in [2.45, 2.75) is 73.4 Å². The fraction of sp³-hybridized carbons (Fsp3) is 0.469. The van der Waals surface area contributed by atoms with E-state index in [1.807, 2.05) is 71.9 Å². The molecule has 1 aliphatic rings. The second-order valence-corrected chi connectivity index (χ2v) is 8.72. The van der Waals surface area contributed by atoms with E-state index in [-0.39, 0.29) is 12.4 Å². The van der Waals surface area contributed by atoms with Crippen molar-refractivity contribution in [1.82, 2.24) is 16.0 Å². The molecule has 0 bridgehead atoms. The standard InChI is InChI=1S/C26H34FN5O.C3H8.C2H6.CH2O/c1-4-30-26(20-9-11-24(12-10-20)33-18-22-6-5-13-31-22)32-17-23(28-3)16-29-15-21-8-7-19(2)14-25(21)27;1-3-2;2*1-2/h7-12,14,16-17,22,28,31H,4-6,13,15,18H2,1-3H3,(H,30,32);3H2,1-2H3;1-2H3;1H2/b23-17+,29-16?;;;. The Bertz CT molecular complexity index is 1020. The minimum atomic E-state index is -0.232. The van der Waals surface area contributed by atoms with Gasteiger partial charge in [0.2, 0.25) is 0 Å². The van der Waals surface area contributed by atoms with E-state index in [9.17, 15) is 4.39 Å². The number of halogens is 1. The Morgan fingerprint density at radius 2 is 1.82 bits per heavy atom. The highest BCUT2D eigenvalue weighted by Crippen LogP contribution is 2.15. The number of carbonyl (C=O) groups is 1. The van der Waals surface area contributed by atoms with E-state index < -0.39 is 0 Å². The van der Waals surface area contributed by atoms with Crippen molar-refractivity contribution in [1.29, 1.82) is 0 Å². The number of hydrogen-bond acceptors (Lipinski definition) is 6. The number of hydrogen-bond donors (Lipinski definition) is 3. The molecule has 1 atom stereocenters. The molecule has 3 rings (SSSR count). The highest BCUT2D eigenvalue weighted by Gasteiger charge is 2.14. The average Bonchev–Trinajstić information content (AvgIpc) is 3.51. The average molecular weight is 556 g/mol. The Kier molecular flexibility index (Phi) is 21.3. The van der Waals surface area contributed by atoms with Crippen LogP contribution in [-0.2, 0) is 11.3 Å². The molecule has 1 heterocycles. The lowest BCUT2D eigenvalue weighted by molar-refractivity contribution is -0.0980. The molecule has 1 aliphatic heterocycles. The van der Waals surface area contributed by atoms with Crippen LogP contribution in [0.25, 0.3) is 0 Å². The molecule has 1 fully saturated rings. The van der Waals surface area contributed by atoms with Crippen molar-refractivity contribution in [2.75, 3.05) is 26.7 Å². The van der Waals surface area contributed by atoms with Gasteiger partial charge in [-0.25, -0.2) is 4.39 Å². The van der Waals surface area contributed by atoms with E-state index in [0.717, 1.165) is 35.0 Å². The van der Waals surface area contributed by atoms with Gasteiger partial charge in [-0.3, -0.25) is 9.98 Å². The molecule has 8 heteroatoms. The molecule has 0 aliphatic carbocycles. The summed E-state index contributed by atoms with van der Waals surface area (Å²) in [4.78, 5) is 16.9. The predicted octanol–water partition coefficient (Wildman–Crippen LogP) is 6.21. The quantitative estimate of drug-likeness (QED) is 0.240. The third-order valence-electron chi connectivity index (χ3n) is 5.41. The van der Waals surface area contributed by atoms with E-state index >= 15 is 0 Å². The van der Waals surface area contributed by atoms with E-state index in [1.54, 1.807) is 18.5 Å². The maximum absolute atomic E-state index is 14.0. The number of aryl methyl sites for hydroxylation is 1. The molecule has 0 aromatic heterocycles. The Morgan fingerprint density at radius 1 is 1.15 bits per heavy atom. The highest BCUT2D eigenvalue weighted by molar-refractivity contribution is 5.99. The van der Waals surface area contributed by atoms with Crippen LogP contribution >= 0.6 is 0 Å². The van der Waals surface area contributed by atoms with E-state index in [2.05, 4.69) is 39.8 Å². The maximum atomic E-state index is 14.0. The lowest BCUT2D eigenvalue weighted by Gasteiger charge is -2.13. The van der Waals surface area contributed by atoms with Crippen LogP contribution in [0.4, 0.5) is 4.39 Å². The maximum Gasteiger partial charge on any atom is 0.132 e. The summed E-state index contributed by atoms with van der Waals surface area (Å²) in [5, 5.41) is 9.79. The van der Waals surface area contributed by atoms with Crippen LogP contribution in [0.3, 0.4) is 0 Å². The van der Waals surface area contributed by atoms with Gasteiger partial charge in [-0.1, -0.05) is 46.2 Å². The molecule has 2 aromatic carbocycles. The number of carbonyl (C=O) groups excluding carboxylic acids is 1. The molecular formula is C32H50FN5O2. The fourth-order valence-electron chi connectivity index (χ4n) is 3.53. The summed E-state index contributed by atoms with van der Waals surface area (Å²) in [6.45, 7) is 16.8. The first-order valence-corrected chi connectivity index (χ1v) is 14.2. The van der Waals surface area contributed by atoms with E-state index in [0.29, 0.717) is 24.8 Å². The van der Waals surface area contributed by atoms with Crippen molar-refractivity contribution in [3.63, 3.8) is 0 Å². The molecule has 7 nitrogen and oxygen atoms in total. The van der Waals surface area contributed by atoms with Gasteiger partial charge in [0.05, 0.1) is 12.2 Å². The largest absolute Gasteiger partial charge is 0.492 e. The second-order valence-electron chi connectivity index (χ2n) is 8.72. The first kappa shape index (κ1) is 36.5. The first-order valence-electron chi connectivity index (χ1n) is 14.2. The number of nitrogens with one attached hydrogen (secondary N) is 3. The summed E-state index contributed by atoms with van der Waals surface area (Å²) in [6.07, 6.45) is 7.12. The summed E-state index contributed by atoms with van der Waals surface area (Å²) in [7, 11) is 1.81. The zero-order valence-electron chi connectivity index (χ0n) is 25.5. The summed E-state index contributed by atoms with van der Waals surface area (Å²) in [6, 6.07) is 13.6. The molecule has 0 spiro atoms. The molecule has 1 saturated heterocycles. The van der Waals surface area contributed by atoms with Crippen LogP contribution < -0.4 is 20.7 Å². The Morgan fingerprint density at radius 3 is 2.38 bits per heavy atom. The molecular weight excluding hydrogens is 505 g/mol. The van der Waals surface area contributed by atoms with Gasteiger partial charge in [0, 0.05) is 43.2 Å². The lowest BCUT2D eigenvalue weighted by atomic mass is 10.1. The first-order chi connectivity index (χ1) is 19.5. The molecule has 2 aromatic rings. The number of allylic oxidation sites excluding steroid dienone is 1. The summed E-state index contributed by atoms with van der Waals surface area (Å²) >= 11 is 0. The Balaban J connectivity index is 0.00000199. The summed E-state index contributed by atoms with van der Waals surface area (Å²) < 4.78 is 19.9. The van der Waals surface area contributed by atoms with Gasteiger partial charge in [-0.05, 0) is 69.1 Å². The molecule has 0 saturated carbocycles. The third-order valence-corrected chi connectivity index (χ3v) is 5.41. The summed E-state index contributed by atoms with van der Waals surface area (Å²) in [5.41, 5.74) is 3.19. The molecule has 222 valence electrons. The molecule has 1 unspecified atom stereocenters. The zero-order chi connectivity index (χ0) is 30.2. The number of nitrogens with zero attached hydrogens (tertiary/aromatic N) is 2. The van der Waals surface area contributed by atoms with Crippen LogP contribution in [0, 0.1) is 12.7 Å². The fourth-order valence-corrected chi connectivity index (χ4v) is 3.53. The number of aliphatic imine (C=N–C) groups is 2. The van der Waals surface area contributed by atoms with E-state index in [1.165, 1.54) is 25.3 Å². The van der Waals surface area contributed by atoms with Crippen LogP contribution in [-0.4, -0.2) is 51.6 Å². The normalized spacial score (nSPS) is 14.7. The topological polar surface area (TPSA) is 87.1 Å². The van der Waals surface area contributed by atoms with Crippen molar-refractivity contribution < 1.29 is 13.9 Å². The third kappa shape index (κ3) is 14.6. The van der Waals surface area contributed by atoms with Crippen molar-refractivity contribution in [3.8, 4) is 5.75 Å². The SMILES string of the molecule is C=O.CC.CCC.CCN=C(N/C=C(\C=NCc1ccc(C)cc1F)NC)c1ccc(OCC2CCCN2)cc1. The molecule has 0 amide bonds. The Hall–Kier alpha value is -3.52. The zero-order valence-corrected chi connectivity index (χ0v) is 25.5. The second kappa shape index (κ2) is 23.4. The number of benzene rings is 2. The van der Waals surface area contributed by atoms with Gasteiger partial charge in [0.25, 0.3) is 0 Å². The van der Waals surface area contributed by atoms with Gasteiger partial charge in [-0.2, -0.15) is 0 Å². The number of ether oxygens (including phenoxy) is 1. The number of amidine groups is 1. The molecule has 0 radical (unpaired) electrons. The van der Waals surface area contributed by atoms with Crippen LogP contribution in [0.1, 0.15) is 70.6 Å². The number of rotatable bonds is 10. The van der Waals surface area contributed by atoms with Gasteiger partial charge in [0.15, 0.2) is 0 Å². The summed E-state index contributed by atoms with van der Waals surface area (Å²) in [5.74, 6) is 1.38. The van der Waals surface area contributed by atoms with Crippen molar-refractivity contribution in [2.24, 2.45) is 9.98 Å². The van der Waals surface area contributed by atoms with Gasteiger partial charge >= 0.3 is 0 Å². The smallest absolute Gasteiger partial charge is 0.132 e. The van der Waals surface area contributed by atoms with Crippen LogP contribution in [0.2, 0.25) is 0 Å². The van der Waals surface area contributed by atoms with Crippen molar-refractivity contribution >= 4 is 18.8 Å². The monoisotopic (exact) mass is 555 g/mol. The Labute approximate surface area is 241 Å².